The molecule has 0 heterocycles. The number of carbonyl (C=O) groups excluding carboxylic acids is 1. The highest BCUT2D eigenvalue weighted by atomic mass is 16.1. The highest BCUT2D eigenvalue weighted by Gasteiger charge is 2.12. The van der Waals surface area contributed by atoms with E-state index in [1.807, 2.05) is 97.9 Å². The molecule has 2 heteroatoms. The summed E-state index contributed by atoms with van der Waals surface area (Å²) in [5.74, 6) is -0.115. The number of hydrogen-bond donors (Lipinski definition) is 1. The smallest absolute Gasteiger partial charge is 0.256 e. The lowest BCUT2D eigenvalue weighted by molar-refractivity contribution is -0.111. The van der Waals surface area contributed by atoms with E-state index in [9.17, 15) is 4.79 Å². The number of anilines is 1. The molecule has 0 aliphatic heterocycles. The van der Waals surface area contributed by atoms with Gasteiger partial charge in [0.1, 0.15) is 0 Å². The summed E-state index contributed by atoms with van der Waals surface area (Å²) in [7, 11) is 0. The van der Waals surface area contributed by atoms with Crippen LogP contribution in [0.25, 0.3) is 11.6 Å². The summed E-state index contributed by atoms with van der Waals surface area (Å²) in [4.78, 5) is 12.8. The number of aryl methyl sites for hydroxylation is 1. The first-order valence-electron chi connectivity index (χ1n) is 7.92. The number of hydrogen-bond acceptors (Lipinski definition) is 1. The van der Waals surface area contributed by atoms with Crippen LogP contribution in [0.15, 0.2) is 84.9 Å². The Morgan fingerprint density at radius 3 is 2.17 bits per heavy atom. The van der Waals surface area contributed by atoms with Crippen LogP contribution in [0.2, 0.25) is 0 Å². The summed E-state index contributed by atoms with van der Waals surface area (Å²) in [5.41, 5.74) is 4.45. The fourth-order valence-electron chi connectivity index (χ4n) is 2.53. The van der Waals surface area contributed by atoms with Crippen LogP contribution < -0.4 is 5.32 Å². The van der Waals surface area contributed by atoms with Crippen LogP contribution in [0.4, 0.5) is 5.69 Å². The topological polar surface area (TPSA) is 29.1 Å². The third-order valence-corrected chi connectivity index (χ3v) is 3.72. The van der Waals surface area contributed by atoms with Crippen molar-refractivity contribution in [2.24, 2.45) is 0 Å². The molecule has 3 aromatic carbocycles. The predicted molar refractivity (Wildman–Crippen MR) is 101 cm³/mol. The average Bonchev–Trinajstić information content (AvgIpc) is 2.61. The van der Waals surface area contributed by atoms with Crippen molar-refractivity contribution in [1.82, 2.24) is 0 Å². The fourth-order valence-corrected chi connectivity index (χ4v) is 2.53. The van der Waals surface area contributed by atoms with Gasteiger partial charge >= 0.3 is 0 Å². The van der Waals surface area contributed by atoms with Gasteiger partial charge in [0.05, 0.1) is 0 Å². The first-order valence-corrected chi connectivity index (χ1v) is 7.92. The first kappa shape index (κ1) is 15.8. The SMILES string of the molecule is Cc1cccc(NC(=O)C(=Cc2ccccc2)c2ccccc2)c1. The predicted octanol–water partition coefficient (Wildman–Crippen LogP) is 5.17. The molecule has 0 atom stereocenters. The molecule has 0 aliphatic rings. The van der Waals surface area contributed by atoms with E-state index in [2.05, 4.69) is 5.32 Å². The van der Waals surface area contributed by atoms with Gasteiger partial charge in [-0.25, -0.2) is 0 Å². The Hall–Kier alpha value is -3.13. The molecule has 0 fully saturated rings. The summed E-state index contributed by atoms with van der Waals surface area (Å²) in [6.07, 6.45) is 1.92. The van der Waals surface area contributed by atoms with Crippen molar-refractivity contribution >= 4 is 23.2 Å². The van der Waals surface area contributed by atoms with E-state index in [0.29, 0.717) is 5.57 Å². The fraction of sp³-hybridized carbons (Fsp3) is 0.0455. The van der Waals surface area contributed by atoms with E-state index in [0.717, 1.165) is 22.4 Å². The first-order chi connectivity index (χ1) is 11.7. The summed E-state index contributed by atoms with van der Waals surface area (Å²) in [6.45, 7) is 2.01. The molecule has 0 bridgehead atoms. The van der Waals surface area contributed by atoms with Crippen LogP contribution in [0.5, 0.6) is 0 Å². The molecule has 3 rings (SSSR count). The molecule has 0 aromatic heterocycles. The van der Waals surface area contributed by atoms with Gasteiger partial charge in [0.2, 0.25) is 0 Å². The van der Waals surface area contributed by atoms with Gasteiger partial charge in [-0.2, -0.15) is 0 Å². The van der Waals surface area contributed by atoms with E-state index < -0.39 is 0 Å². The maximum Gasteiger partial charge on any atom is 0.256 e. The molecule has 0 aliphatic carbocycles. The molecule has 0 saturated heterocycles. The molecule has 0 saturated carbocycles. The van der Waals surface area contributed by atoms with Gasteiger partial charge in [-0.15, -0.1) is 0 Å². The highest BCUT2D eigenvalue weighted by molar-refractivity contribution is 6.29. The maximum atomic E-state index is 12.8. The largest absolute Gasteiger partial charge is 0.322 e. The zero-order valence-electron chi connectivity index (χ0n) is 13.6. The summed E-state index contributed by atoms with van der Waals surface area (Å²) in [5, 5.41) is 2.99. The van der Waals surface area contributed by atoms with E-state index >= 15 is 0 Å². The van der Waals surface area contributed by atoms with Crippen LogP contribution in [0.1, 0.15) is 16.7 Å². The van der Waals surface area contributed by atoms with Crippen LogP contribution in [0.3, 0.4) is 0 Å². The Labute approximate surface area is 142 Å². The Balaban J connectivity index is 1.95. The van der Waals surface area contributed by atoms with Gasteiger partial charge in [0.25, 0.3) is 5.91 Å². The zero-order valence-corrected chi connectivity index (χ0v) is 13.6. The quantitative estimate of drug-likeness (QED) is 0.522. The molecule has 0 unspecified atom stereocenters. The van der Waals surface area contributed by atoms with Crippen LogP contribution in [-0.4, -0.2) is 5.91 Å². The number of benzene rings is 3. The number of nitrogens with one attached hydrogen (secondary N) is 1. The van der Waals surface area contributed by atoms with Crippen molar-refractivity contribution < 1.29 is 4.79 Å². The Kier molecular flexibility index (Phi) is 4.87. The Bertz CT molecular complexity index is 851. The summed E-state index contributed by atoms with van der Waals surface area (Å²) >= 11 is 0. The second-order valence-corrected chi connectivity index (χ2v) is 5.66. The van der Waals surface area contributed by atoms with Crippen LogP contribution >= 0.6 is 0 Å². The van der Waals surface area contributed by atoms with Crippen LogP contribution in [0, 0.1) is 6.92 Å². The second-order valence-electron chi connectivity index (χ2n) is 5.66. The van der Waals surface area contributed by atoms with E-state index in [1.165, 1.54) is 0 Å². The van der Waals surface area contributed by atoms with Crippen molar-refractivity contribution in [3.05, 3.63) is 102 Å². The molecule has 118 valence electrons. The molecular weight excluding hydrogens is 294 g/mol. The summed E-state index contributed by atoms with van der Waals surface area (Å²) in [6, 6.07) is 27.4. The molecule has 1 amide bonds. The highest BCUT2D eigenvalue weighted by Crippen LogP contribution is 2.21. The standard InChI is InChI=1S/C22H19NO/c1-17-9-8-14-20(15-17)23-22(24)21(19-12-6-3-7-13-19)16-18-10-4-2-5-11-18/h2-16H,1H3,(H,23,24). The summed E-state index contributed by atoms with van der Waals surface area (Å²) < 4.78 is 0. The molecule has 3 aromatic rings. The van der Waals surface area contributed by atoms with Gasteiger partial charge in [-0.3, -0.25) is 4.79 Å². The molecule has 1 N–H and O–H groups in total. The second kappa shape index (κ2) is 7.42. The Morgan fingerprint density at radius 1 is 0.833 bits per heavy atom. The average molecular weight is 313 g/mol. The molecule has 0 spiro atoms. The van der Waals surface area contributed by atoms with Crippen molar-refractivity contribution in [3.63, 3.8) is 0 Å². The molecule has 0 radical (unpaired) electrons. The normalized spacial score (nSPS) is 11.1. The lowest BCUT2D eigenvalue weighted by Crippen LogP contribution is -2.13. The van der Waals surface area contributed by atoms with Crippen molar-refractivity contribution in [3.8, 4) is 0 Å². The molecule has 24 heavy (non-hydrogen) atoms. The third-order valence-electron chi connectivity index (χ3n) is 3.72. The zero-order chi connectivity index (χ0) is 16.8. The van der Waals surface area contributed by atoms with Crippen LogP contribution in [-0.2, 0) is 4.79 Å². The maximum absolute atomic E-state index is 12.8. The Morgan fingerprint density at radius 2 is 1.50 bits per heavy atom. The van der Waals surface area contributed by atoms with Crippen molar-refractivity contribution in [1.29, 1.82) is 0 Å². The van der Waals surface area contributed by atoms with Gasteiger partial charge < -0.3 is 5.32 Å². The van der Waals surface area contributed by atoms with E-state index in [1.54, 1.807) is 0 Å². The number of carbonyl (C=O) groups is 1. The minimum Gasteiger partial charge on any atom is -0.322 e. The van der Waals surface area contributed by atoms with Crippen molar-refractivity contribution in [2.45, 2.75) is 6.92 Å². The van der Waals surface area contributed by atoms with E-state index in [-0.39, 0.29) is 5.91 Å². The number of amides is 1. The number of rotatable bonds is 4. The minimum absolute atomic E-state index is 0.115. The van der Waals surface area contributed by atoms with Gasteiger partial charge in [0.15, 0.2) is 0 Å². The molecule has 2 nitrogen and oxygen atoms in total. The monoisotopic (exact) mass is 313 g/mol. The molecular formula is C22H19NO. The van der Waals surface area contributed by atoms with E-state index in [4.69, 9.17) is 0 Å². The van der Waals surface area contributed by atoms with Gasteiger partial charge in [-0.1, -0.05) is 72.8 Å². The van der Waals surface area contributed by atoms with Gasteiger partial charge in [-0.05, 0) is 41.8 Å². The van der Waals surface area contributed by atoms with Crippen molar-refractivity contribution in [2.75, 3.05) is 5.32 Å². The third kappa shape index (κ3) is 3.99. The lowest BCUT2D eigenvalue weighted by Gasteiger charge is -2.10. The van der Waals surface area contributed by atoms with Gasteiger partial charge in [0, 0.05) is 11.3 Å². The minimum atomic E-state index is -0.115. The lowest BCUT2D eigenvalue weighted by atomic mass is 10.0.